The molecule has 2 aromatic rings. The quantitative estimate of drug-likeness (QED) is 0.660. The fourth-order valence-corrected chi connectivity index (χ4v) is 1.18. The fraction of sp³-hybridized carbons (Fsp3) is 0. The Hall–Kier alpha value is -0.957. The van der Waals surface area contributed by atoms with E-state index in [1.807, 2.05) is 30.3 Å². The van der Waals surface area contributed by atoms with Crippen molar-refractivity contribution in [2.24, 2.45) is 0 Å². The molecule has 0 aliphatic carbocycles. The first-order chi connectivity index (χ1) is 5.36. The number of hydrogen-bond acceptors (Lipinski definition) is 1. The third-order valence-electron chi connectivity index (χ3n) is 1.73. The second-order valence-electron chi connectivity index (χ2n) is 2.53. The second-order valence-corrected chi connectivity index (χ2v) is 2.53. The molecule has 0 radical (unpaired) electrons. The van der Waals surface area contributed by atoms with E-state index in [4.69, 9.17) is 5.11 Å². The van der Waals surface area contributed by atoms with E-state index in [2.05, 4.69) is 0 Å². The molecule has 0 heterocycles. The first-order valence-corrected chi connectivity index (χ1v) is 3.54. The van der Waals surface area contributed by atoms with Gasteiger partial charge in [0.05, 0.1) is 0 Å². The molecule has 0 spiro atoms. The van der Waals surface area contributed by atoms with Crippen LogP contribution in [0.15, 0.2) is 42.5 Å². The maximum absolute atomic E-state index is 9.13. The topological polar surface area (TPSA) is 20.2 Å². The molecule has 0 aliphatic heterocycles. The molecule has 1 N–H and O–H groups in total. The van der Waals surface area contributed by atoms with Crippen molar-refractivity contribution in [3.8, 4) is 5.75 Å². The minimum absolute atomic E-state index is 0. The number of benzene rings is 2. The van der Waals surface area contributed by atoms with Crippen LogP contribution in [-0.2, 0) is 0 Å². The van der Waals surface area contributed by atoms with Gasteiger partial charge in [0.25, 0.3) is 0 Å². The predicted octanol–water partition coefficient (Wildman–Crippen LogP) is 1.09. The molecule has 0 atom stereocenters. The molecule has 0 aromatic heterocycles. The molecule has 0 amide bonds. The van der Waals surface area contributed by atoms with Crippen LogP contribution < -0.4 is 0 Å². The van der Waals surface area contributed by atoms with E-state index >= 15 is 0 Å². The van der Waals surface area contributed by atoms with Gasteiger partial charge in [0.15, 0.2) is 0 Å². The molecular formula is C10H12GeO. The van der Waals surface area contributed by atoms with Crippen molar-refractivity contribution in [2.45, 2.75) is 0 Å². The normalized spacial score (nSPS) is 9.33. The summed E-state index contributed by atoms with van der Waals surface area (Å²) in [5.41, 5.74) is 0. The summed E-state index contributed by atoms with van der Waals surface area (Å²) in [6, 6.07) is 13.3. The van der Waals surface area contributed by atoms with Crippen molar-refractivity contribution >= 4 is 28.4 Å². The van der Waals surface area contributed by atoms with Crippen molar-refractivity contribution in [2.75, 3.05) is 0 Å². The van der Waals surface area contributed by atoms with Crippen LogP contribution in [0.3, 0.4) is 0 Å². The SMILES string of the molecule is Oc1ccc2ccccc2c1.[GeH4]. The van der Waals surface area contributed by atoms with E-state index in [0.717, 1.165) is 10.8 Å². The van der Waals surface area contributed by atoms with Crippen LogP contribution in [0.25, 0.3) is 10.8 Å². The Labute approximate surface area is 82.0 Å². The van der Waals surface area contributed by atoms with E-state index in [-0.39, 0.29) is 17.6 Å². The van der Waals surface area contributed by atoms with Gasteiger partial charge in [-0.05, 0) is 22.9 Å². The number of hydrogen-bond donors (Lipinski definition) is 1. The van der Waals surface area contributed by atoms with Gasteiger partial charge in [-0.2, -0.15) is 0 Å². The molecule has 1 nitrogen and oxygen atoms in total. The molecule has 62 valence electrons. The van der Waals surface area contributed by atoms with Crippen LogP contribution in [0, 0.1) is 0 Å². The van der Waals surface area contributed by atoms with Gasteiger partial charge in [0.2, 0.25) is 0 Å². The van der Waals surface area contributed by atoms with Crippen LogP contribution in [0.1, 0.15) is 0 Å². The zero-order valence-electron chi connectivity index (χ0n) is 5.99. The summed E-state index contributed by atoms with van der Waals surface area (Å²) < 4.78 is 0. The summed E-state index contributed by atoms with van der Waals surface area (Å²) in [6.45, 7) is 0. The van der Waals surface area contributed by atoms with Crippen LogP contribution >= 0.6 is 0 Å². The third kappa shape index (κ3) is 1.61. The van der Waals surface area contributed by atoms with Crippen LogP contribution in [-0.4, -0.2) is 22.7 Å². The Morgan fingerprint density at radius 2 is 1.50 bits per heavy atom. The Morgan fingerprint density at radius 3 is 2.25 bits per heavy atom. The van der Waals surface area contributed by atoms with Crippen molar-refractivity contribution in [1.29, 1.82) is 0 Å². The standard InChI is InChI=1S/C10H8O.GeH4/c11-10-6-5-8-3-1-2-4-9(8)7-10;/h1-7,11H;1H4. The second kappa shape index (κ2) is 3.63. The maximum atomic E-state index is 9.13. The first kappa shape index (κ1) is 9.13. The molecule has 0 saturated carbocycles. The van der Waals surface area contributed by atoms with E-state index in [1.165, 1.54) is 0 Å². The fourth-order valence-electron chi connectivity index (χ4n) is 1.18. The van der Waals surface area contributed by atoms with Gasteiger partial charge in [-0.3, -0.25) is 0 Å². The minimum atomic E-state index is 0. The number of phenols is 1. The molecule has 0 saturated heterocycles. The third-order valence-corrected chi connectivity index (χ3v) is 1.73. The molecule has 2 rings (SSSR count). The van der Waals surface area contributed by atoms with Gasteiger partial charge < -0.3 is 5.11 Å². The van der Waals surface area contributed by atoms with Crippen molar-refractivity contribution in [1.82, 2.24) is 0 Å². The van der Waals surface area contributed by atoms with E-state index < -0.39 is 0 Å². The van der Waals surface area contributed by atoms with Crippen LogP contribution in [0.2, 0.25) is 0 Å². The summed E-state index contributed by atoms with van der Waals surface area (Å²) in [7, 11) is 0. The molecule has 12 heavy (non-hydrogen) atoms. The Bertz CT molecular complexity index is 384. The molecule has 2 heteroatoms. The average molecular weight is 221 g/mol. The summed E-state index contributed by atoms with van der Waals surface area (Å²) in [6.07, 6.45) is 0. The molecule has 0 fully saturated rings. The summed E-state index contributed by atoms with van der Waals surface area (Å²) in [4.78, 5) is 0. The van der Waals surface area contributed by atoms with Crippen LogP contribution in [0.4, 0.5) is 0 Å². The van der Waals surface area contributed by atoms with Gasteiger partial charge in [-0.15, -0.1) is 0 Å². The summed E-state index contributed by atoms with van der Waals surface area (Å²) in [5, 5.41) is 11.4. The number of phenolic OH excluding ortho intramolecular Hbond substituents is 1. The van der Waals surface area contributed by atoms with Gasteiger partial charge in [0, 0.05) is 0 Å². The summed E-state index contributed by atoms with van der Waals surface area (Å²) >= 11 is 0. The average Bonchev–Trinajstić information content (AvgIpc) is 2.04. The van der Waals surface area contributed by atoms with Gasteiger partial charge in [-0.1, -0.05) is 30.3 Å². The van der Waals surface area contributed by atoms with E-state index in [0.29, 0.717) is 5.75 Å². The Kier molecular flexibility index (Phi) is 2.76. The van der Waals surface area contributed by atoms with Gasteiger partial charge in [-0.25, -0.2) is 0 Å². The van der Waals surface area contributed by atoms with E-state index in [1.54, 1.807) is 12.1 Å². The number of aromatic hydroxyl groups is 1. The Balaban J connectivity index is 0.000000720. The van der Waals surface area contributed by atoms with E-state index in [9.17, 15) is 0 Å². The van der Waals surface area contributed by atoms with Crippen LogP contribution in [0.5, 0.6) is 5.75 Å². The molecule has 0 bridgehead atoms. The molecule has 0 aliphatic rings. The monoisotopic (exact) mass is 222 g/mol. The molecule has 0 unspecified atom stereocenters. The molecule has 2 aromatic carbocycles. The zero-order valence-corrected chi connectivity index (χ0v) is 5.99. The predicted molar refractivity (Wildman–Crippen MR) is 56.9 cm³/mol. The first-order valence-electron chi connectivity index (χ1n) is 3.54. The van der Waals surface area contributed by atoms with Gasteiger partial charge in [0.1, 0.15) is 5.75 Å². The summed E-state index contributed by atoms with van der Waals surface area (Å²) in [5.74, 6) is 0.323. The number of fused-ring (bicyclic) bond motifs is 1. The molecular weight excluding hydrogens is 209 g/mol. The van der Waals surface area contributed by atoms with Crippen molar-refractivity contribution in [3.05, 3.63) is 42.5 Å². The van der Waals surface area contributed by atoms with Crippen molar-refractivity contribution in [3.63, 3.8) is 0 Å². The Morgan fingerprint density at radius 1 is 0.833 bits per heavy atom. The zero-order chi connectivity index (χ0) is 7.68. The number of rotatable bonds is 0. The van der Waals surface area contributed by atoms with Gasteiger partial charge >= 0.3 is 17.6 Å². The van der Waals surface area contributed by atoms with Crippen molar-refractivity contribution < 1.29 is 5.11 Å².